The van der Waals surface area contributed by atoms with Gasteiger partial charge in [0.25, 0.3) is 11.5 Å². The van der Waals surface area contributed by atoms with Gasteiger partial charge in [0.2, 0.25) is 0 Å². The molecule has 2 rings (SSSR count). The lowest BCUT2D eigenvalue weighted by Gasteiger charge is -2.04. The fraction of sp³-hybridized carbons (Fsp3) is 0.333. The Morgan fingerprint density at radius 2 is 2.32 bits per heavy atom. The SMILES string of the molecule is Cn1nc(C(=O)NCCCc2ncc[nH]2)ccc1=O. The maximum Gasteiger partial charge on any atom is 0.271 e. The van der Waals surface area contributed by atoms with E-state index in [1.807, 2.05) is 0 Å². The average molecular weight is 261 g/mol. The van der Waals surface area contributed by atoms with Gasteiger partial charge in [-0.1, -0.05) is 0 Å². The Labute approximate surface area is 109 Å². The fourth-order valence-corrected chi connectivity index (χ4v) is 1.61. The predicted octanol–water partition coefficient (Wildman–Crippen LogP) is -0.134. The van der Waals surface area contributed by atoms with E-state index in [1.54, 1.807) is 12.4 Å². The van der Waals surface area contributed by atoms with Crippen molar-refractivity contribution in [1.82, 2.24) is 25.1 Å². The van der Waals surface area contributed by atoms with Gasteiger partial charge in [0.05, 0.1) is 0 Å². The molecule has 0 aliphatic rings. The number of aromatic amines is 1. The first-order valence-corrected chi connectivity index (χ1v) is 5.97. The van der Waals surface area contributed by atoms with Crippen LogP contribution in [0.5, 0.6) is 0 Å². The van der Waals surface area contributed by atoms with Crippen LogP contribution in [0.25, 0.3) is 0 Å². The molecule has 0 saturated carbocycles. The summed E-state index contributed by atoms with van der Waals surface area (Å²) in [6.45, 7) is 0.532. The number of rotatable bonds is 5. The summed E-state index contributed by atoms with van der Waals surface area (Å²) in [7, 11) is 1.51. The average Bonchev–Trinajstić information content (AvgIpc) is 2.91. The van der Waals surface area contributed by atoms with Crippen LogP contribution in [-0.4, -0.2) is 32.2 Å². The Bertz CT molecular complexity index is 603. The molecule has 0 aliphatic heterocycles. The zero-order chi connectivity index (χ0) is 13.7. The van der Waals surface area contributed by atoms with Gasteiger partial charge in [0.1, 0.15) is 11.5 Å². The molecule has 0 aromatic carbocycles. The highest BCUT2D eigenvalue weighted by atomic mass is 16.2. The van der Waals surface area contributed by atoms with Crippen LogP contribution in [0.2, 0.25) is 0 Å². The maximum absolute atomic E-state index is 11.8. The van der Waals surface area contributed by atoms with Crippen molar-refractivity contribution >= 4 is 5.91 Å². The van der Waals surface area contributed by atoms with E-state index in [1.165, 1.54) is 19.2 Å². The van der Waals surface area contributed by atoms with Gasteiger partial charge >= 0.3 is 0 Å². The minimum atomic E-state index is -0.282. The Balaban J connectivity index is 1.80. The summed E-state index contributed by atoms with van der Waals surface area (Å²) in [6, 6.07) is 2.74. The molecule has 2 heterocycles. The van der Waals surface area contributed by atoms with Crippen molar-refractivity contribution < 1.29 is 4.79 Å². The number of nitrogens with zero attached hydrogens (tertiary/aromatic N) is 3. The Morgan fingerprint density at radius 3 is 3.00 bits per heavy atom. The predicted molar refractivity (Wildman–Crippen MR) is 68.7 cm³/mol. The second-order valence-electron chi connectivity index (χ2n) is 4.08. The lowest BCUT2D eigenvalue weighted by atomic mass is 10.3. The van der Waals surface area contributed by atoms with Gasteiger partial charge in [-0.2, -0.15) is 5.10 Å². The van der Waals surface area contributed by atoms with Crippen LogP contribution < -0.4 is 10.9 Å². The first-order valence-electron chi connectivity index (χ1n) is 5.97. The molecule has 7 nitrogen and oxygen atoms in total. The molecular formula is C12H15N5O2. The van der Waals surface area contributed by atoms with Crippen LogP contribution >= 0.6 is 0 Å². The van der Waals surface area contributed by atoms with Gasteiger partial charge in [-0.15, -0.1) is 0 Å². The van der Waals surface area contributed by atoms with E-state index in [4.69, 9.17) is 0 Å². The normalized spacial score (nSPS) is 10.4. The number of H-pyrrole nitrogens is 1. The van der Waals surface area contributed by atoms with E-state index in [0.717, 1.165) is 23.3 Å². The zero-order valence-corrected chi connectivity index (χ0v) is 10.6. The van der Waals surface area contributed by atoms with Crippen molar-refractivity contribution in [1.29, 1.82) is 0 Å². The third kappa shape index (κ3) is 3.51. The highest BCUT2D eigenvalue weighted by Crippen LogP contribution is 1.94. The number of aromatic nitrogens is 4. The summed E-state index contributed by atoms with van der Waals surface area (Å²) in [4.78, 5) is 30.0. The molecule has 0 fully saturated rings. The van der Waals surface area contributed by atoms with Gasteiger partial charge in [0, 0.05) is 38.5 Å². The molecule has 2 N–H and O–H groups in total. The molecule has 100 valence electrons. The van der Waals surface area contributed by atoms with Crippen LogP contribution in [0.4, 0.5) is 0 Å². The standard InChI is InChI=1S/C12H15N5O2/c1-17-11(18)5-4-9(16-17)12(19)15-6-2-3-10-13-7-8-14-10/h4-5,7-8H,2-3,6H2,1H3,(H,13,14)(H,15,19). The monoisotopic (exact) mass is 261 g/mol. The van der Waals surface area contributed by atoms with Crippen molar-refractivity contribution in [2.24, 2.45) is 7.05 Å². The fourth-order valence-electron chi connectivity index (χ4n) is 1.61. The molecule has 2 aromatic rings. The summed E-state index contributed by atoms with van der Waals surface area (Å²) in [5.74, 6) is 0.615. The van der Waals surface area contributed by atoms with E-state index >= 15 is 0 Å². The molecule has 0 spiro atoms. The summed E-state index contributed by atoms with van der Waals surface area (Å²) in [6.07, 6.45) is 5.02. The maximum atomic E-state index is 11.8. The first kappa shape index (κ1) is 13.0. The third-order valence-corrected chi connectivity index (χ3v) is 2.62. The minimum Gasteiger partial charge on any atom is -0.351 e. The van der Waals surface area contributed by atoms with Gasteiger partial charge in [-0.25, -0.2) is 9.67 Å². The molecular weight excluding hydrogens is 246 g/mol. The molecule has 7 heteroatoms. The molecule has 0 aliphatic carbocycles. The van der Waals surface area contributed by atoms with Crippen molar-refractivity contribution in [3.63, 3.8) is 0 Å². The van der Waals surface area contributed by atoms with Crippen molar-refractivity contribution in [2.75, 3.05) is 6.54 Å². The van der Waals surface area contributed by atoms with E-state index < -0.39 is 0 Å². The number of carbonyl (C=O) groups is 1. The van der Waals surface area contributed by atoms with Gasteiger partial charge in [-0.05, 0) is 12.5 Å². The lowest BCUT2D eigenvalue weighted by Crippen LogP contribution is -2.29. The van der Waals surface area contributed by atoms with Crippen LogP contribution in [0, 0.1) is 0 Å². The highest BCUT2D eigenvalue weighted by molar-refractivity contribution is 5.91. The van der Waals surface area contributed by atoms with Crippen molar-refractivity contribution in [2.45, 2.75) is 12.8 Å². The van der Waals surface area contributed by atoms with Crippen LogP contribution in [0.15, 0.2) is 29.3 Å². The second kappa shape index (κ2) is 5.94. The van der Waals surface area contributed by atoms with Gasteiger partial charge < -0.3 is 10.3 Å². The summed E-state index contributed by atoms with van der Waals surface area (Å²) in [5, 5.41) is 6.62. The van der Waals surface area contributed by atoms with Crippen molar-refractivity contribution in [3.8, 4) is 0 Å². The van der Waals surface area contributed by atoms with E-state index in [2.05, 4.69) is 20.4 Å². The van der Waals surface area contributed by atoms with E-state index in [0.29, 0.717) is 6.54 Å². The number of aryl methyl sites for hydroxylation is 2. The number of nitrogens with one attached hydrogen (secondary N) is 2. The quantitative estimate of drug-likeness (QED) is 0.733. The largest absolute Gasteiger partial charge is 0.351 e. The summed E-state index contributed by atoms with van der Waals surface area (Å²) in [5.41, 5.74) is -0.00512. The molecule has 2 aromatic heterocycles. The van der Waals surface area contributed by atoms with Crippen LogP contribution in [-0.2, 0) is 13.5 Å². The topological polar surface area (TPSA) is 92.7 Å². The lowest BCUT2D eigenvalue weighted by molar-refractivity contribution is 0.0946. The summed E-state index contributed by atoms with van der Waals surface area (Å²) < 4.78 is 1.14. The second-order valence-corrected chi connectivity index (χ2v) is 4.08. The number of carbonyl (C=O) groups excluding carboxylic acids is 1. The minimum absolute atomic E-state index is 0.236. The first-order chi connectivity index (χ1) is 9.16. The van der Waals surface area contributed by atoms with Crippen molar-refractivity contribution in [3.05, 3.63) is 46.4 Å². The zero-order valence-electron chi connectivity index (χ0n) is 10.6. The molecule has 0 bridgehead atoms. The highest BCUT2D eigenvalue weighted by Gasteiger charge is 2.07. The van der Waals surface area contributed by atoms with Crippen LogP contribution in [0.3, 0.4) is 0 Å². The molecule has 1 amide bonds. The Kier molecular flexibility index (Phi) is 4.07. The summed E-state index contributed by atoms with van der Waals surface area (Å²) >= 11 is 0. The van der Waals surface area contributed by atoms with E-state index in [9.17, 15) is 9.59 Å². The molecule has 0 unspecified atom stereocenters. The molecule has 19 heavy (non-hydrogen) atoms. The number of amides is 1. The molecule has 0 atom stereocenters. The van der Waals surface area contributed by atoms with E-state index in [-0.39, 0.29) is 17.2 Å². The smallest absolute Gasteiger partial charge is 0.271 e. The molecule has 0 saturated heterocycles. The van der Waals surface area contributed by atoms with Gasteiger partial charge in [-0.3, -0.25) is 9.59 Å². The Morgan fingerprint density at radius 1 is 1.47 bits per heavy atom. The molecule has 0 radical (unpaired) electrons. The Hall–Kier alpha value is -2.44. The van der Waals surface area contributed by atoms with Crippen LogP contribution in [0.1, 0.15) is 22.7 Å². The number of imidazole rings is 1. The number of hydrogen-bond acceptors (Lipinski definition) is 4. The van der Waals surface area contributed by atoms with Gasteiger partial charge in [0.15, 0.2) is 0 Å². The number of hydrogen-bond donors (Lipinski definition) is 2. The third-order valence-electron chi connectivity index (χ3n) is 2.62.